The van der Waals surface area contributed by atoms with Crippen LogP contribution in [0, 0.1) is 23.2 Å². The molecule has 0 bridgehead atoms. The fourth-order valence-corrected chi connectivity index (χ4v) is 3.88. The lowest BCUT2D eigenvalue weighted by atomic mass is 9.52. The van der Waals surface area contributed by atoms with Gasteiger partial charge in [0.2, 0.25) is 0 Å². The van der Waals surface area contributed by atoms with Crippen molar-refractivity contribution in [2.24, 2.45) is 23.2 Å². The van der Waals surface area contributed by atoms with Gasteiger partial charge in [-0.05, 0) is 55.8 Å². The van der Waals surface area contributed by atoms with Crippen molar-refractivity contribution < 1.29 is 9.90 Å². The number of carbonyl (C=O) groups is 1. The average molecular weight is 262 g/mol. The Labute approximate surface area is 116 Å². The Morgan fingerprint density at radius 1 is 1.53 bits per heavy atom. The number of fused-ring (bicyclic) bond motifs is 1. The first kappa shape index (κ1) is 14.4. The Balaban J connectivity index is 2.16. The van der Waals surface area contributed by atoms with Crippen LogP contribution in [0.15, 0.2) is 23.8 Å². The Bertz CT molecular complexity index is 417. The highest BCUT2D eigenvalue weighted by Gasteiger charge is 2.47. The minimum atomic E-state index is -0.689. The lowest BCUT2D eigenvalue weighted by Gasteiger charge is -2.52. The number of allylic oxidation sites excluding steroid dienone is 3. The summed E-state index contributed by atoms with van der Waals surface area (Å²) in [5, 5.41) is 9.03. The lowest BCUT2D eigenvalue weighted by molar-refractivity contribution is -0.137. The molecular weight excluding hydrogens is 236 g/mol. The van der Waals surface area contributed by atoms with Crippen LogP contribution in [0.5, 0.6) is 0 Å². The molecule has 0 spiro atoms. The first-order valence-corrected chi connectivity index (χ1v) is 7.37. The van der Waals surface area contributed by atoms with Gasteiger partial charge in [0.1, 0.15) is 0 Å². The monoisotopic (exact) mass is 262 g/mol. The molecule has 0 aliphatic heterocycles. The SMILES string of the molecule is C=C1CCC(CC(=O)O)/C(C)=C\CC2C1CC2(C)C. The molecule has 0 aromatic carbocycles. The van der Waals surface area contributed by atoms with Gasteiger partial charge >= 0.3 is 5.97 Å². The molecule has 2 aliphatic rings. The highest BCUT2D eigenvalue weighted by molar-refractivity contribution is 5.67. The fraction of sp³-hybridized carbons (Fsp3) is 0.706. The summed E-state index contributed by atoms with van der Waals surface area (Å²) in [5.74, 6) is 0.849. The molecule has 19 heavy (non-hydrogen) atoms. The summed E-state index contributed by atoms with van der Waals surface area (Å²) in [7, 11) is 0. The second-order valence-corrected chi connectivity index (χ2v) is 7.08. The van der Waals surface area contributed by atoms with Crippen LogP contribution < -0.4 is 0 Å². The third-order valence-corrected chi connectivity index (χ3v) is 5.33. The third kappa shape index (κ3) is 2.93. The van der Waals surface area contributed by atoms with E-state index in [0.717, 1.165) is 19.3 Å². The largest absolute Gasteiger partial charge is 0.481 e. The molecule has 0 aromatic heterocycles. The third-order valence-electron chi connectivity index (χ3n) is 5.33. The van der Waals surface area contributed by atoms with Gasteiger partial charge in [-0.25, -0.2) is 0 Å². The van der Waals surface area contributed by atoms with E-state index in [-0.39, 0.29) is 12.3 Å². The van der Waals surface area contributed by atoms with Gasteiger partial charge in [0.05, 0.1) is 6.42 Å². The molecule has 1 fully saturated rings. The molecule has 3 atom stereocenters. The van der Waals surface area contributed by atoms with Crippen molar-refractivity contribution in [2.45, 2.75) is 52.9 Å². The molecule has 1 N–H and O–H groups in total. The van der Waals surface area contributed by atoms with Crippen molar-refractivity contribution in [2.75, 3.05) is 0 Å². The molecule has 3 unspecified atom stereocenters. The molecule has 2 rings (SSSR count). The van der Waals surface area contributed by atoms with Gasteiger partial charge in [-0.1, -0.05) is 37.6 Å². The van der Waals surface area contributed by atoms with Crippen LogP contribution in [0.25, 0.3) is 0 Å². The summed E-state index contributed by atoms with van der Waals surface area (Å²) in [6.07, 6.45) is 6.81. The van der Waals surface area contributed by atoms with Gasteiger partial charge < -0.3 is 5.11 Å². The number of carboxylic acids is 1. The number of aliphatic carboxylic acids is 1. The highest BCUT2D eigenvalue weighted by Crippen LogP contribution is 2.56. The predicted octanol–water partition coefficient (Wildman–Crippen LogP) is 4.43. The maximum Gasteiger partial charge on any atom is 0.303 e. The van der Waals surface area contributed by atoms with E-state index in [4.69, 9.17) is 5.11 Å². The van der Waals surface area contributed by atoms with Crippen molar-refractivity contribution in [1.29, 1.82) is 0 Å². The number of hydrogen-bond acceptors (Lipinski definition) is 1. The van der Waals surface area contributed by atoms with Crippen LogP contribution >= 0.6 is 0 Å². The summed E-state index contributed by atoms with van der Waals surface area (Å²) in [6, 6.07) is 0. The van der Waals surface area contributed by atoms with Crippen molar-refractivity contribution in [3.8, 4) is 0 Å². The Hall–Kier alpha value is -1.05. The quantitative estimate of drug-likeness (QED) is 0.748. The van der Waals surface area contributed by atoms with Gasteiger partial charge in [-0.15, -0.1) is 0 Å². The Kier molecular flexibility index (Phi) is 3.89. The topological polar surface area (TPSA) is 37.3 Å². The Morgan fingerprint density at radius 2 is 2.21 bits per heavy atom. The van der Waals surface area contributed by atoms with Crippen LogP contribution in [0.4, 0.5) is 0 Å². The summed E-state index contributed by atoms with van der Waals surface area (Å²) < 4.78 is 0. The van der Waals surface area contributed by atoms with E-state index in [9.17, 15) is 4.79 Å². The minimum absolute atomic E-state index is 0.190. The fourth-order valence-electron chi connectivity index (χ4n) is 3.88. The van der Waals surface area contributed by atoms with Crippen molar-refractivity contribution in [3.63, 3.8) is 0 Å². The average Bonchev–Trinajstić information content (AvgIpc) is 2.33. The molecule has 0 heterocycles. The second kappa shape index (κ2) is 5.15. The van der Waals surface area contributed by atoms with E-state index in [2.05, 4.69) is 33.4 Å². The maximum absolute atomic E-state index is 11.0. The summed E-state index contributed by atoms with van der Waals surface area (Å²) >= 11 is 0. The van der Waals surface area contributed by atoms with Crippen LogP contribution in [0.2, 0.25) is 0 Å². The lowest BCUT2D eigenvalue weighted by Crippen LogP contribution is -2.44. The van der Waals surface area contributed by atoms with E-state index in [1.807, 2.05) is 0 Å². The molecule has 0 aromatic rings. The number of carboxylic acid groups (broad SMARTS) is 1. The molecule has 0 saturated heterocycles. The molecule has 2 heteroatoms. The van der Waals surface area contributed by atoms with Gasteiger partial charge in [0.25, 0.3) is 0 Å². The standard InChI is InChI=1S/C17H26O2/c1-11-6-8-15-14(10-17(15,3)4)12(2)5-7-13(11)9-16(18)19/h6,13-15H,2,5,7-10H2,1,3-4H3,(H,18,19)/b11-6-. The van der Waals surface area contributed by atoms with E-state index < -0.39 is 5.97 Å². The van der Waals surface area contributed by atoms with Gasteiger partial charge in [-0.3, -0.25) is 4.79 Å². The smallest absolute Gasteiger partial charge is 0.303 e. The zero-order valence-electron chi connectivity index (χ0n) is 12.4. The molecular formula is C17H26O2. The van der Waals surface area contributed by atoms with E-state index in [1.165, 1.54) is 17.6 Å². The van der Waals surface area contributed by atoms with Gasteiger partial charge in [-0.2, -0.15) is 0 Å². The Morgan fingerprint density at radius 3 is 2.79 bits per heavy atom. The molecule has 2 aliphatic carbocycles. The van der Waals surface area contributed by atoms with Crippen molar-refractivity contribution in [3.05, 3.63) is 23.8 Å². The van der Waals surface area contributed by atoms with Gasteiger partial charge in [0, 0.05) is 0 Å². The van der Waals surface area contributed by atoms with Crippen LogP contribution in [0.1, 0.15) is 52.9 Å². The van der Waals surface area contributed by atoms with E-state index in [0.29, 0.717) is 17.3 Å². The van der Waals surface area contributed by atoms with Crippen LogP contribution in [-0.4, -0.2) is 11.1 Å². The van der Waals surface area contributed by atoms with Crippen molar-refractivity contribution >= 4 is 5.97 Å². The molecule has 0 radical (unpaired) electrons. The normalized spacial score (nSPS) is 36.9. The number of hydrogen-bond donors (Lipinski definition) is 1. The first-order chi connectivity index (χ1) is 8.81. The van der Waals surface area contributed by atoms with Gasteiger partial charge in [0.15, 0.2) is 0 Å². The second-order valence-electron chi connectivity index (χ2n) is 7.08. The number of rotatable bonds is 2. The highest BCUT2D eigenvalue weighted by atomic mass is 16.4. The summed E-state index contributed by atoms with van der Waals surface area (Å²) in [5.41, 5.74) is 3.03. The first-order valence-electron chi connectivity index (χ1n) is 7.37. The van der Waals surface area contributed by atoms with E-state index >= 15 is 0 Å². The maximum atomic E-state index is 11.0. The summed E-state index contributed by atoms with van der Waals surface area (Å²) in [6.45, 7) is 11.1. The molecule has 1 saturated carbocycles. The van der Waals surface area contributed by atoms with Crippen LogP contribution in [0.3, 0.4) is 0 Å². The van der Waals surface area contributed by atoms with E-state index in [1.54, 1.807) is 0 Å². The molecule has 106 valence electrons. The predicted molar refractivity (Wildman–Crippen MR) is 77.9 cm³/mol. The zero-order chi connectivity index (χ0) is 14.2. The van der Waals surface area contributed by atoms with Crippen LogP contribution in [-0.2, 0) is 4.79 Å². The molecule has 2 nitrogen and oxygen atoms in total. The molecule has 0 amide bonds. The zero-order valence-corrected chi connectivity index (χ0v) is 12.4. The summed E-state index contributed by atoms with van der Waals surface area (Å²) in [4.78, 5) is 11.0. The van der Waals surface area contributed by atoms with Crippen molar-refractivity contribution in [1.82, 2.24) is 0 Å². The minimum Gasteiger partial charge on any atom is -0.481 e.